The van der Waals surface area contributed by atoms with Gasteiger partial charge < -0.3 is 10.0 Å². The Bertz CT molecular complexity index is 978. The van der Waals surface area contributed by atoms with E-state index >= 15 is 0 Å². The van der Waals surface area contributed by atoms with Crippen molar-refractivity contribution >= 4 is 39.2 Å². The first-order valence-electron chi connectivity index (χ1n) is 8.15. The zero-order chi connectivity index (χ0) is 19.8. The van der Waals surface area contributed by atoms with E-state index < -0.39 is 22.5 Å². The van der Waals surface area contributed by atoms with E-state index in [9.17, 15) is 13.2 Å². The van der Waals surface area contributed by atoms with Crippen LogP contribution in [-0.2, 0) is 21.4 Å². The van der Waals surface area contributed by atoms with Gasteiger partial charge in [0.25, 0.3) is 0 Å². The fourth-order valence-corrected chi connectivity index (χ4v) is 4.79. The summed E-state index contributed by atoms with van der Waals surface area (Å²) >= 11 is 12.5. The fourth-order valence-electron chi connectivity index (χ4n) is 3.25. The van der Waals surface area contributed by atoms with Gasteiger partial charge in [-0.05, 0) is 48.0 Å². The first-order valence-corrected chi connectivity index (χ1v) is 10.4. The average molecular weight is 429 g/mol. The molecule has 0 saturated heterocycles. The number of nitrogens with one attached hydrogen (secondary N) is 1. The highest BCUT2D eigenvalue weighted by atomic mass is 35.5. The molecule has 0 aromatic heterocycles. The second kappa shape index (κ2) is 7.77. The Kier molecular flexibility index (Phi) is 5.79. The van der Waals surface area contributed by atoms with Crippen LogP contribution in [0.5, 0.6) is 0 Å². The monoisotopic (exact) mass is 428 g/mol. The van der Waals surface area contributed by atoms with Crippen LogP contribution in [-0.4, -0.2) is 44.5 Å². The van der Waals surface area contributed by atoms with Crippen LogP contribution in [0, 0.1) is 0 Å². The summed E-state index contributed by atoms with van der Waals surface area (Å²) in [6.45, 7) is 0.794. The molecule has 0 amide bonds. The summed E-state index contributed by atoms with van der Waals surface area (Å²) in [4.78, 5) is 12.7. The Hall–Kier alpha value is -1.64. The molecule has 1 aliphatic heterocycles. The highest BCUT2D eigenvalue weighted by molar-refractivity contribution is 7.89. The highest BCUT2D eigenvalue weighted by Crippen LogP contribution is 2.38. The lowest BCUT2D eigenvalue weighted by Gasteiger charge is -2.33. The summed E-state index contributed by atoms with van der Waals surface area (Å²) in [5.74, 6) is -1.25. The third-order valence-electron chi connectivity index (χ3n) is 4.50. The van der Waals surface area contributed by atoms with Crippen molar-refractivity contribution in [2.75, 3.05) is 20.1 Å². The standard InChI is InChI=1S/C18H18Cl2N2O4S/c1-22-9-15(14-6-12(19)7-17(20)16(14)10-22)11-2-4-13(5-3-11)27(25,26)21-8-18(23)24/h2-7,15,21H,8-10H2,1H3,(H,23,24). The number of nitrogens with zero attached hydrogens (tertiary/aromatic N) is 1. The van der Waals surface area contributed by atoms with E-state index in [4.69, 9.17) is 28.3 Å². The maximum absolute atomic E-state index is 12.1. The van der Waals surface area contributed by atoms with E-state index in [0.29, 0.717) is 16.6 Å². The molecule has 0 spiro atoms. The largest absolute Gasteiger partial charge is 0.480 e. The molecule has 27 heavy (non-hydrogen) atoms. The van der Waals surface area contributed by atoms with Crippen LogP contribution in [0.3, 0.4) is 0 Å². The normalized spacial score (nSPS) is 17.5. The van der Waals surface area contributed by atoms with Gasteiger partial charge in [0.05, 0.1) is 4.90 Å². The average Bonchev–Trinajstić information content (AvgIpc) is 2.60. The number of aliphatic carboxylic acids is 1. The smallest absolute Gasteiger partial charge is 0.318 e. The number of carboxylic acids is 1. The second-order valence-electron chi connectivity index (χ2n) is 6.49. The third-order valence-corrected chi connectivity index (χ3v) is 6.47. The first kappa shape index (κ1) is 20.1. The molecule has 0 saturated carbocycles. The molecule has 3 rings (SSSR count). The van der Waals surface area contributed by atoms with Crippen molar-refractivity contribution in [3.8, 4) is 0 Å². The SMILES string of the molecule is CN1Cc2c(Cl)cc(Cl)cc2C(c2ccc(S(=O)(=O)NCC(=O)O)cc2)C1. The van der Waals surface area contributed by atoms with Crippen LogP contribution in [0.15, 0.2) is 41.3 Å². The number of hydrogen-bond donors (Lipinski definition) is 2. The second-order valence-corrected chi connectivity index (χ2v) is 9.10. The molecule has 2 aromatic carbocycles. The predicted molar refractivity (Wildman–Crippen MR) is 104 cm³/mol. The van der Waals surface area contributed by atoms with E-state index in [-0.39, 0.29) is 10.8 Å². The van der Waals surface area contributed by atoms with Gasteiger partial charge in [-0.2, -0.15) is 4.72 Å². The minimum absolute atomic E-state index is 0.00122. The first-order chi connectivity index (χ1) is 12.7. The van der Waals surface area contributed by atoms with Gasteiger partial charge >= 0.3 is 5.97 Å². The summed E-state index contributed by atoms with van der Waals surface area (Å²) in [7, 11) is -1.88. The number of carboxylic acid groups (broad SMARTS) is 1. The maximum Gasteiger partial charge on any atom is 0.318 e. The topological polar surface area (TPSA) is 86.7 Å². The summed E-state index contributed by atoms with van der Waals surface area (Å²) < 4.78 is 26.3. The van der Waals surface area contributed by atoms with Crippen molar-refractivity contribution in [2.45, 2.75) is 17.4 Å². The van der Waals surface area contributed by atoms with Gasteiger partial charge in [-0.25, -0.2) is 8.42 Å². The van der Waals surface area contributed by atoms with Crippen molar-refractivity contribution in [3.05, 3.63) is 63.1 Å². The maximum atomic E-state index is 12.1. The molecule has 2 N–H and O–H groups in total. The predicted octanol–water partition coefficient (Wildman–Crippen LogP) is 2.93. The van der Waals surface area contributed by atoms with E-state index in [0.717, 1.165) is 23.2 Å². The van der Waals surface area contributed by atoms with Gasteiger partial charge in [0.15, 0.2) is 0 Å². The van der Waals surface area contributed by atoms with Crippen LogP contribution in [0.25, 0.3) is 0 Å². The van der Waals surface area contributed by atoms with Gasteiger partial charge in [-0.15, -0.1) is 0 Å². The van der Waals surface area contributed by atoms with Crippen molar-refractivity contribution in [2.24, 2.45) is 0 Å². The van der Waals surface area contributed by atoms with Gasteiger partial charge in [-0.1, -0.05) is 35.3 Å². The summed E-state index contributed by atoms with van der Waals surface area (Å²) in [5, 5.41) is 9.82. The molecule has 1 aliphatic rings. The lowest BCUT2D eigenvalue weighted by atomic mass is 9.85. The molecule has 0 radical (unpaired) electrons. The lowest BCUT2D eigenvalue weighted by Crippen LogP contribution is -2.31. The minimum atomic E-state index is -3.87. The quantitative estimate of drug-likeness (QED) is 0.764. The molecule has 2 aromatic rings. The summed E-state index contributed by atoms with van der Waals surface area (Å²) in [5.41, 5.74) is 2.98. The van der Waals surface area contributed by atoms with Crippen molar-refractivity contribution < 1.29 is 18.3 Å². The van der Waals surface area contributed by atoms with Gasteiger partial charge in [-0.3, -0.25) is 4.79 Å². The summed E-state index contributed by atoms with van der Waals surface area (Å²) in [6.07, 6.45) is 0. The highest BCUT2D eigenvalue weighted by Gasteiger charge is 2.27. The molecule has 9 heteroatoms. The molecule has 1 unspecified atom stereocenters. The van der Waals surface area contributed by atoms with E-state index in [1.54, 1.807) is 18.2 Å². The number of fused-ring (bicyclic) bond motifs is 1. The summed E-state index contributed by atoms with van der Waals surface area (Å²) in [6, 6.07) is 10.0. The Morgan fingerprint density at radius 3 is 2.56 bits per heavy atom. The number of likely N-dealkylation sites (N-methyl/N-ethyl adjacent to an activating group) is 1. The molecule has 0 bridgehead atoms. The van der Waals surface area contributed by atoms with E-state index in [1.165, 1.54) is 12.1 Å². The van der Waals surface area contributed by atoms with Gasteiger partial charge in [0.2, 0.25) is 10.0 Å². The Labute approximate surface area is 167 Å². The Morgan fingerprint density at radius 2 is 1.93 bits per heavy atom. The van der Waals surface area contributed by atoms with E-state index in [1.807, 2.05) is 17.8 Å². The molecule has 1 atom stereocenters. The van der Waals surface area contributed by atoms with Crippen LogP contribution in [0.1, 0.15) is 22.6 Å². The number of halogens is 2. The molecular formula is C18H18Cl2N2O4S. The Balaban J connectivity index is 1.94. The van der Waals surface area contributed by atoms with Gasteiger partial charge in [0.1, 0.15) is 6.54 Å². The van der Waals surface area contributed by atoms with Crippen LogP contribution >= 0.6 is 23.2 Å². The molecular weight excluding hydrogens is 411 g/mol. The zero-order valence-electron chi connectivity index (χ0n) is 14.4. The van der Waals surface area contributed by atoms with Crippen molar-refractivity contribution in [3.63, 3.8) is 0 Å². The molecule has 144 valence electrons. The lowest BCUT2D eigenvalue weighted by molar-refractivity contribution is -0.135. The third kappa shape index (κ3) is 4.44. The minimum Gasteiger partial charge on any atom is -0.480 e. The fraction of sp³-hybridized carbons (Fsp3) is 0.278. The van der Waals surface area contributed by atoms with E-state index in [2.05, 4.69) is 4.90 Å². The van der Waals surface area contributed by atoms with Crippen LogP contribution in [0.2, 0.25) is 10.0 Å². The van der Waals surface area contributed by atoms with Crippen molar-refractivity contribution in [1.29, 1.82) is 0 Å². The van der Waals surface area contributed by atoms with Crippen LogP contribution < -0.4 is 4.72 Å². The number of hydrogen-bond acceptors (Lipinski definition) is 4. The molecule has 1 heterocycles. The number of carbonyl (C=O) groups is 1. The molecule has 0 fully saturated rings. The molecule has 0 aliphatic carbocycles. The zero-order valence-corrected chi connectivity index (χ0v) is 16.8. The van der Waals surface area contributed by atoms with Gasteiger partial charge in [0, 0.05) is 29.1 Å². The van der Waals surface area contributed by atoms with Crippen molar-refractivity contribution in [1.82, 2.24) is 9.62 Å². The Morgan fingerprint density at radius 1 is 1.26 bits per heavy atom. The number of rotatable bonds is 5. The van der Waals surface area contributed by atoms with Crippen LogP contribution in [0.4, 0.5) is 0 Å². The molecule has 6 nitrogen and oxygen atoms in total. The number of sulfonamides is 1. The number of benzene rings is 2.